The van der Waals surface area contributed by atoms with Crippen LogP contribution in [0.15, 0.2) is 42.6 Å². The molecule has 0 aliphatic carbocycles. The lowest BCUT2D eigenvalue weighted by molar-refractivity contribution is -0.232. The summed E-state index contributed by atoms with van der Waals surface area (Å²) in [7, 11) is 0. The fourth-order valence-electron chi connectivity index (χ4n) is 3.52. The molecule has 0 aliphatic rings. The maximum Gasteiger partial charge on any atom is 0.422 e. The van der Waals surface area contributed by atoms with Crippen LogP contribution in [0.2, 0.25) is 0 Å². The third-order valence-corrected chi connectivity index (χ3v) is 5.40. The Labute approximate surface area is 191 Å². The molecule has 0 bridgehead atoms. The van der Waals surface area contributed by atoms with E-state index < -0.39 is 42.3 Å². The average Bonchev–Trinajstić information content (AvgIpc) is 2.76. The molecule has 34 heavy (non-hydrogen) atoms. The van der Waals surface area contributed by atoms with Crippen LogP contribution in [0.25, 0.3) is 22.0 Å². The van der Waals surface area contributed by atoms with Crippen molar-refractivity contribution in [3.63, 3.8) is 0 Å². The minimum atomic E-state index is -5.02. The van der Waals surface area contributed by atoms with Gasteiger partial charge in [-0.05, 0) is 41.8 Å². The first-order chi connectivity index (χ1) is 15.9. The number of carbonyl (C=O) groups is 1. The normalized spacial score (nSPS) is 13.8. The number of amides is 1. The number of aromatic nitrogens is 2. The molecule has 6 N–H and O–H groups in total. The number of nitrogens with zero attached hydrogens (tertiary/aromatic N) is 3. The summed E-state index contributed by atoms with van der Waals surface area (Å²) in [6.07, 6.45) is -4.47. The standard InChI is InChI=1S/C22H22F4N6O2/c1-2-21(34,22(24,25)26)18(27)11-32(29)10-12-5-6-13-15(14-4-3-7-30-19(14)23)9-17(20(28)33)31-16(13)8-12/h3-9,27,34H,2,10-11,29H2,1H3,(H2,28,33). The molecule has 3 rings (SSSR count). The smallest absolute Gasteiger partial charge is 0.375 e. The SMILES string of the molecule is CCC(O)(C(=N)CN(N)Cc1ccc2c(-c3cccnc3F)cc(C(N)=O)nc2c1)C(F)(F)F. The molecule has 1 aromatic carbocycles. The number of carbonyl (C=O) groups excluding carboxylic acids is 1. The van der Waals surface area contributed by atoms with Gasteiger partial charge >= 0.3 is 6.18 Å². The zero-order valence-corrected chi connectivity index (χ0v) is 18.0. The van der Waals surface area contributed by atoms with Crippen LogP contribution in [-0.2, 0) is 6.54 Å². The van der Waals surface area contributed by atoms with E-state index in [0.29, 0.717) is 16.5 Å². The maximum absolute atomic E-state index is 14.3. The van der Waals surface area contributed by atoms with Gasteiger partial charge in [0.25, 0.3) is 5.91 Å². The molecule has 2 heterocycles. The van der Waals surface area contributed by atoms with Crippen LogP contribution in [0.5, 0.6) is 0 Å². The molecule has 2 aromatic heterocycles. The monoisotopic (exact) mass is 478 g/mol. The predicted molar refractivity (Wildman–Crippen MR) is 117 cm³/mol. The highest BCUT2D eigenvalue weighted by atomic mass is 19.4. The van der Waals surface area contributed by atoms with E-state index in [0.717, 1.165) is 11.9 Å². The Balaban J connectivity index is 1.94. The molecule has 0 fully saturated rings. The van der Waals surface area contributed by atoms with Crippen LogP contribution in [0.4, 0.5) is 17.6 Å². The quantitative estimate of drug-likeness (QED) is 0.129. The summed E-state index contributed by atoms with van der Waals surface area (Å²) in [6.45, 7) is 0.370. The lowest BCUT2D eigenvalue weighted by Gasteiger charge is -2.31. The van der Waals surface area contributed by atoms with Crippen molar-refractivity contribution in [3.05, 3.63) is 59.8 Å². The van der Waals surface area contributed by atoms with E-state index in [9.17, 15) is 27.5 Å². The number of hydrazine groups is 1. The molecule has 1 atom stereocenters. The van der Waals surface area contributed by atoms with Gasteiger partial charge in [-0.1, -0.05) is 19.1 Å². The van der Waals surface area contributed by atoms with Gasteiger partial charge in [0.2, 0.25) is 5.95 Å². The van der Waals surface area contributed by atoms with Gasteiger partial charge in [0.15, 0.2) is 5.60 Å². The lowest BCUT2D eigenvalue weighted by atomic mass is 9.93. The van der Waals surface area contributed by atoms with Crippen molar-refractivity contribution in [3.8, 4) is 11.1 Å². The molecule has 0 radical (unpaired) electrons. The summed E-state index contributed by atoms with van der Waals surface area (Å²) in [4.78, 5) is 19.6. The van der Waals surface area contributed by atoms with E-state index in [1.54, 1.807) is 12.1 Å². The third-order valence-electron chi connectivity index (χ3n) is 5.40. The van der Waals surface area contributed by atoms with Gasteiger partial charge in [0, 0.05) is 23.7 Å². The highest BCUT2D eigenvalue weighted by Crippen LogP contribution is 2.34. The van der Waals surface area contributed by atoms with E-state index >= 15 is 0 Å². The molecular formula is C22H22F4N6O2. The van der Waals surface area contributed by atoms with Crippen LogP contribution in [0.1, 0.15) is 29.4 Å². The number of nitrogens with two attached hydrogens (primary N) is 2. The molecule has 0 spiro atoms. The van der Waals surface area contributed by atoms with Gasteiger partial charge in [0.1, 0.15) is 5.69 Å². The zero-order valence-electron chi connectivity index (χ0n) is 18.0. The Morgan fingerprint density at radius 2 is 1.91 bits per heavy atom. The summed E-state index contributed by atoms with van der Waals surface area (Å²) in [5.74, 6) is 4.24. The number of fused-ring (bicyclic) bond motifs is 1. The molecular weight excluding hydrogens is 456 g/mol. The van der Waals surface area contributed by atoms with E-state index in [1.165, 1.54) is 30.5 Å². The zero-order chi connectivity index (χ0) is 25.3. The summed E-state index contributed by atoms with van der Waals surface area (Å²) in [5, 5.41) is 19.1. The van der Waals surface area contributed by atoms with Gasteiger partial charge in [-0.25, -0.2) is 15.0 Å². The second kappa shape index (κ2) is 9.41. The third kappa shape index (κ3) is 4.88. The first-order valence-corrected chi connectivity index (χ1v) is 10.1. The molecule has 0 saturated heterocycles. The van der Waals surface area contributed by atoms with Gasteiger partial charge in [-0.2, -0.15) is 17.6 Å². The fourth-order valence-corrected chi connectivity index (χ4v) is 3.52. The van der Waals surface area contributed by atoms with Crippen molar-refractivity contribution in [2.75, 3.05) is 6.54 Å². The minimum Gasteiger partial charge on any atom is -0.375 e. The predicted octanol–water partition coefficient (Wildman–Crippen LogP) is 2.93. The van der Waals surface area contributed by atoms with Crippen molar-refractivity contribution in [1.29, 1.82) is 5.41 Å². The number of hydrogen-bond donors (Lipinski definition) is 4. The fraction of sp³-hybridized carbons (Fsp3) is 0.273. The molecule has 0 saturated carbocycles. The molecule has 8 nitrogen and oxygen atoms in total. The second-order valence-corrected chi connectivity index (χ2v) is 7.71. The minimum absolute atomic E-state index is 0.102. The first-order valence-electron chi connectivity index (χ1n) is 10.1. The number of nitrogens with one attached hydrogen (secondary N) is 1. The van der Waals surface area contributed by atoms with E-state index in [2.05, 4.69) is 9.97 Å². The number of halogens is 4. The van der Waals surface area contributed by atoms with Crippen LogP contribution in [-0.4, -0.2) is 50.0 Å². The van der Waals surface area contributed by atoms with Crippen molar-refractivity contribution in [1.82, 2.24) is 15.0 Å². The van der Waals surface area contributed by atoms with Crippen molar-refractivity contribution >= 4 is 22.5 Å². The Morgan fingerprint density at radius 1 is 1.21 bits per heavy atom. The first kappa shape index (κ1) is 25.1. The van der Waals surface area contributed by atoms with Gasteiger partial charge in [-0.3, -0.25) is 10.6 Å². The molecule has 1 unspecified atom stereocenters. The second-order valence-electron chi connectivity index (χ2n) is 7.71. The number of pyridine rings is 2. The van der Waals surface area contributed by atoms with Gasteiger partial charge in [0.05, 0.1) is 17.8 Å². The van der Waals surface area contributed by atoms with Crippen LogP contribution >= 0.6 is 0 Å². The Bertz CT molecular complexity index is 1250. The lowest BCUT2D eigenvalue weighted by Crippen LogP contribution is -2.55. The molecule has 12 heteroatoms. The van der Waals surface area contributed by atoms with Crippen molar-refractivity contribution in [2.24, 2.45) is 11.6 Å². The Kier molecular flexibility index (Phi) is 6.96. The van der Waals surface area contributed by atoms with E-state index in [1.807, 2.05) is 0 Å². The highest BCUT2D eigenvalue weighted by Gasteiger charge is 2.55. The summed E-state index contributed by atoms with van der Waals surface area (Å²) in [6, 6.07) is 9.09. The molecule has 1 amide bonds. The maximum atomic E-state index is 14.3. The van der Waals surface area contributed by atoms with Crippen LogP contribution in [0, 0.1) is 11.4 Å². The highest BCUT2D eigenvalue weighted by molar-refractivity contribution is 6.01. The Morgan fingerprint density at radius 3 is 2.50 bits per heavy atom. The molecule has 0 aliphatic heterocycles. The molecule has 180 valence electrons. The van der Waals surface area contributed by atoms with Crippen molar-refractivity contribution in [2.45, 2.75) is 31.7 Å². The molecule has 3 aromatic rings. The van der Waals surface area contributed by atoms with Crippen LogP contribution in [0.3, 0.4) is 0 Å². The summed E-state index contributed by atoms with van der Waals surface area (Å²) >= 11 is 0. The average molecular weight is 478 g/mol. The number of alkyl halides is 3. The number of hydrogen-bond acceptors (Lipinski definition) is 7. The van der Waals surface area contributed by atoms with E-state index in [4.69, 9.17) is 17.0 Å². The summed E-state index contributed by atoms with van der Waals surface area (Å²) in [5.41, 5.74) is 2.21. The van der Waals surface area contributed by atoms with Gasteiger partial charge < -0.3 is 16.2 Å². The number of primary amides is 1. The summed E-state index contributed by atoms with van der Waals surface area (Å²) < 4.78 is 53.9. The topological polar surface area (TPSA) is 142 Å². The number of benzene rings is 1. The largest absolute Gasteiger partial charge is 0.422 e. The number of aliphatic hydroxyl groups is 1. The van der Waals surface area contributed by atoms with Crippen molar-refractivity contribution < 1.29 is 27.5 Å². The van der Waals surface area contributed by atoms with Gasteiger partial charge in [-0.15, -0.1) is 0 Å². The van der Waals surface area contributed by atoms with E-state index in [-0.39, 0.29) is 23.3 Å². The van der Waals surface area contributed by atoms with Crippen LogP contribution < -0.4 is 11.6 Å². The Hall–Kier alpha value is -3.48. The number of rotatable bonds is 8.